The third-order valence-electron chi connectivity index (χ3n) is 5.66. The number of nitrogens with one attached hydrogen (secondary N) is 2. The SMILES string of the molecule is CCCCCCN(C(=O)C(CS)NC(=O)OC(C)(C)C)C(C(=O)NCCCC)c1cc(C)cc(C)c1. The topological polar surface area (TPSA) is 87.7 Å². The van der Waals surface area contributed by atoms with Crippen molar-refractivity contribution in [3.8, 4) is 0 Å². The molecule has 2 atom stereocenters. The van der Waals surface area contributed by atoms with Crippen LogP contribution in [0.25, 0.3) is 0 Å². The molecule has 0 fully saturated rings. The Morgan fingerprint density at radius 3 is 2.11 bits per heavy atom. The number of nitrogens with zero attached hydrogens (tertiary/aromatic N) is 1. The van der Waals surface area contributed by atoms with Gasteiger partial charge in [0, 0.05) is 18.8 Å². The lowest BCUT2D eigenvalue weighted by Gasteiger charge is -2.34. The highest BCUT2D eigenvalue weighted by Gasteiger charge is 2.35. The van der Waals surface area contributed by atoms with Crippen LogP contribution in [0, 0.1) is 13.8 Å². The summed E-state index contributed by atoms with van der Waals surface area (Å²) >= 11 is 4.35. The van der Waals surface area contributed by atoms with Crippen LogP contribution in [0.2, 0.25) is 0 Å². The van der Waals surface area contributed by atoms with E-state index < -0.39 is 23.8 Å². The van der Waals surface area contributed by atoms with E-state index in [0.717, 1.165) is 55.2 Å². The molecule has 204 valence electrons. The number of unbranched alkanes of at least 4 members (excludes halogenated alkanes) is 4. The molecule has 1 aromatic carbocycles. The standard InChI is InChI=1S/C28H47N3O4S/c1-8-10-12-13-15-31(26(33)23(19-36)30-27(34)35-28(5,6)7)24(25(32)29-14-11-9-2)22-17-20(3)16-21(4)18-22/h16-18,23-24,36H,8-15,19H2,1-7H3,(H,29,32)(H,30,34). The lowest BCUT2D eigenvalue weighted by molar-refractivity contribution is -0.142. The summed E-state index contributed by atoms with van der Waals surface area (Å²) in [5.41, 5.74) is 2.11. The zero-order chi connectivity index (χ0) is 27.3. The van der Waals surface area contributed by atoms with Gasteiger partial charge in [0.2, 0.25) is 11.8 Å². The largest absolute Gasteiger partial charge is 0.444 e. The lowest BCUT2D eigenvalue weighted by Crippen LogP contribution is -2.54. The number of thiol groups is 1. The maximum absolute atomic E-state index is 13.9. The van der Waals surface area contributed by atoms with E-state index in [1.807, 2.05) is 32.0 Å². The number of ether oxygens (including phenoxy) is 1. The fourth-order valence-electron chi connectivity index (χ4n) is 4.04. The van der Waals surface area contributed by atoms with Crippen LogP contribution in [0.4, 0.5) is 4.79 Å². The van der Waals surface area contributed by atoms with Gasteiger partial charge in [0.15, 0.2) is 0 Å². The number of aryl methyl sites for hydroxylation is 2. The Bertz CT molecular complexity index is 833. The van der Waals surface area contributed by atoms with Crippen molar-refractivity contribution < 1.29 is 19.1 Å². The summed E-state index contributed by atoms with van der Waals surface area (Å²) in [6, 6.07) is 4.23. The van der Waals surface area contributed by atoms with Crippen molar-refractivity contribution in [2.75, 3.05) is 18.8 Å². The minimum Gasteiger partial charge on any atom is -0.444 e. The highest BCUT2D eigenvalue weighted by atomic mass is 32.1. The molecule has 2 N–H and O–H groups in total. The van der Waals surface area contributed by atoms with Crippen molar-refractivity contribution in [1.29, 1.82) is 0 Å². The van der Waals surface area contributed by atoms with Crippen LogP contribution in [0.15, 0.2) is 18.2 Å². The number of amides is 3. The molecule has 3 amide bonds. The van der Waals surface area contributed by atoms with Crippen LogP contribution in [-0.4, -0.2) is 53.3 Å². The molecule has 1 aromatic rings. The average molecular weight is 522 g/mol. The van der Waals surface area contributed by atoms with E-state index >= 15 is 0 Å². The molecule has 0 bridgehead atoms. The van der Waals surface area contributed by atoms with Gasteiger partial charge in [0.1, 0.15) is 17.7 Å². The quantitative estimate of drug-likeness (QED) is 0.223. The molecular formula is C28H47N3O4S. The molecule has 0 radical (unpaired) electrons. The van der Waals surface area contributed by atoms with E-state index in [1.165, 1.54) is 0 Å². The maximum Gasteiger partial charge on any atom is 0.408 e. The zero-order valence-corrected chi connectivity index (χ0v) is 24.2. The molecule has 0 saturated carbocycles. The third kappa shape index (κ3) is 11.2. The summed E-state index contributed by atoms with van der Waals surface area (Å²) in [5.74, 6) is -0.477. The monoisotopic (exact) mass is 521 g/mol. The van der Waals surface area contributed by atoms with Crippen LogP contribution >= 0.6 is 12.6 Å². The predicted octanol–water partition coefficient (Wildman–Crippen LogP) is 5.49. The van der Waals surface area contributed by atoms with Crippen molar-refractivity contribution in [2.24, 2.45) is 0 Å². The molecular weight excluding hydrogens is 474 g/mol. The summed E-state index contributed by atoms with van der Waals surface area (Å²) < 4.78 is 5.37. The third-order valence-corrected chi connectivity index (χ3v) is 6.02. The van der Waals surface area contributed by atoms with E-state index in [2.05, 4.69) is 37.1 Å². The highest BCUT2D eigenvalue weighted by molar-refractivity contribution is 7.80. The first kappa shape index (κ1) is 31.8. The first-order valence-corrected chi connectivity index (χ1v) is 13.8. The normalized spacial score (nSPS) is 13.0. The van der Waals surface area contributed by atoms with Crippen molar-refractivity contribution in [3.63, 3.8) is 0 Å². The van der Waals surface area contributed by atoms with E-state index in [0.29, 0.717) is 13.1 Å². The first-order chi connectivity index (χ1) is 16.9. The Morgan fingerprint density at radius 2 is 1.58 bits per heavy atom. The van der Waals surface area contributed by atoms with E-state index in [4.69, 9.17) is 4.74 Å². The van der Waals surface area contributed by atoms with Crippen LogP contribution in [0.1, 0.15) is 95.9 Å². The molecule has 0 aliphatic carbocycles. The number of carbonyl (C=O) groups is 3. The number of benzene rings is 1. The molecule has 0 spiro atoms. The molecule has 1 rings (SSSR count). The van der Waals surface area contributed by atoms with Gasteiger partial charge in [-0.05, 0) is 53.0 Å². The van der Waals surface area contributed by atoms with Crippen molar-refractivity contribution in [2.45, 2.75) is 105 Å². The molecule has 2 unspecified atom stereocenters. The Hall–Kier alpha value is -2.22. The second-order valence-corrected chi connectivity index (χ2v) is 10.8. The van der Waals surface area contributed by atoms with Crippen LogP contribution in [-0.2, 0) is 14.3 Å². The fourth-order valence-corrected chi connectivity index (χ4v) is 4.28. The average Bonchev–Trinajstić information content (AvgIpc) is 2.77. The van der Waals surface area contributed by atoms with E-state index in [9.17, 15) is 14.4 Å². The number of hydrogen-bond acceptors (Lipinski definition) is 5. The maximum atomic E-state index is 13.9. The predicted molar refractivity (Wildman–Crippen MR) is 149 cm³/mol. The van der Waals surface area contributed by atoms with Crippen molar-refractivity contribution in [1.82, 2.24) is 15.5 Å². The molecule has 36 heavy (non-hydrogen) atoms. The molecule has 0 saturated heterocycles. The molecule has 0 heterocycles. The van der Waals surface area contributed by atoms with Gasteiger partial charge in [0.05, 0.1) is 0 Å². The first-order valence-electron chi connectivity index (χ1n) is 13.2. The van der Waals surface area contributed by atoms with Gasteiger partial charge in [-0.2, -0.15) is 12.6 Å². The lowest BCUT2D eigenvalue weighted by atomic mass is 9.98. The van der Waals surface area contributed by atoms with Crippen LogP contribution in [0.3, 0.4) is 0 Å². The molecule has 8 heteroatoms. The highest BCUT2D eigenvalue weighted by Crippen LogP contribution is 2.26. The van der Waals surface area contributed by atoms with Gasteiger partial charge in [-0.1, -0.05) is 68.9 Å². The summed E-state index contributed by atoms with van der Waals surface area (Å²) in [6.07, 6.45) is 4.94. The second kappa shape index (κ2) is 15.8. The molecule has 0 aromatic heterocycles. The van der Waals surface area contributed by atoms with Crippen molar-refractivity contribution >= 4 is 30.5 Å². The van der Waals surface area contributed by atoms with Gasteiger partial charge in [0.25, 0.3) is 0 Å². The molecule has 0 aliphatic rings. The van der Waals surface area contributed by atoms with Crippen molar-refractivity contribution in [3.05, 3.63) is 34.9 Å². The Morgan fingerprint density at radius 1 is 0.972 bits per heavy atom. The molecule has 0 aliphatic heterocycles. The Balaban J connectivity index is 3.40. The van der Waals surface area contributed by atoms with Gasteiger partial charge in [-0.3, -0.25) is 9.59 Å². The van der Waals surface area contributed by atoms with Crippen LogP contribution < -0.4 is 10.6 Å². The summed E-state index contributed by atoms with van der Waals surface area (Å²) in [4.78, 5) is 41.5. The fraction of sp³-hybridized carbons (Fsp3) is 0.679. The van der Waals surface area contributed by atoms with Crippen LogP contribution in [0.5, 0.6) is 0 Å². The Labute approximate surface area is 223 Å². The van der Waals surface area contributed by atoms with Gasteiger partial charge >= 0.3 is 6.09 Å². The van der Waals surface area contributed by atoms with E-state index in [1.54, 1.807) is 25.7 Å². The van der Waals surface area contributed by atoms with Gasteiger partial charge in [-0.25, -0.2) is 4.79 Å². The minimum absolute atomic E-state index is 0.0839. The summed E-state index contributed by atoms with van der Waals surface area (Å²) in [7, 11) is 0. The summed E-state index contributed by atoms with van der Waals surface area (Å²) in [5, 5.41) is 5.69. The number of carbonyl (C=O) groups excluding carboxylic acids is 3. The minimum atomic E-state index is -0.925. The molecule has 7 nitrogen and oxygen atoms in total. The van der Waals surface area contributed by atoms with Gasteiger partial charge in [-0.15, -0.1) is 0 Å². The number of hydrogen-bond donors (Lipinski definition) is 3. The van der Waals surface area contributed by atoms with Gasteiger partial charge < -0.3 is 20.3 Å². The van der Waals surface area contributed by atoms with E-state index in [-0.39, 0.29) is 17.6 Å². The smallest absolute Gasteiger partial charge is 0.408 e. The zero-order valence-electron chi connectivity index (χ0n) is 23.3. The summed E-state index contributed by atoms with van der Waals surface area (Å²) in [6.45, 7) is 14.4. The number of alkyl carbamates (subject to hydrolysis) is 1. The Kier molecular flexibility index (Phi) is 14.0. The number of rotatable bonds is 14. The second-order valence-electron chi connectivity index (χ2n) is 10.4.